The fraction of sp³-hybridized carbons (Fsp3) is 0.188. The zero-order valence-corrected chi connectivity index (χ0v) is 12.0. The number of nitrogens with one attached hydrogen (secondary N) is 1. The molecule has 0 fully saturated rings. The maximum absolute atomic E-state index is 12.2. The largest absolute Gasteiger partial charge is 0.495 e. The molecule has 3 N–H and O–H groups in total. The molecule has 21 heavy (non-hydrogen) atoms. The van der Waals surface area contributed by atoms with E-state index >= 15 is 0 Å². The predicted octanol–water partition coefficient (Wildman–Crippen LogP) is 2.68. The Morgan fingerprint density at radius 1 is 1.10 bits per heavy atom. The minimum Gasteiger partial charge on any atom is -0.495 e. The molecule has 0 aliphatic heterocycles. The van der Waals surface area contributed by atoms with Crippen LogP contribution in [0, 0.1) is 0 Å². The van der Waals surface area contributed by atoms with Crippen LogP contribution >= 0.6 is 0 Å². The minimum atomic E-state index is -0.681. The number of carbonyl (C=O) groups excluding carboxylic acids is 1. The van der Waals surface area contributed by atoms with Crippen LogP contribution in [-0.4, -0.2) is 19.1 Å². The lowest BCUT2D eigenvalue weighted by molar-refractivity contribution is -0.122. The first-order valence-corrected chi connectivity index (χ1v) is 6.57. The molecule has 2 aromatic carbocycles. The van der Waals surface area contributed by atoms with Crippen molar-refractivity contribution in [2.75, 3.05) is 18.2 Å². The van der Waals surface area contributed by atoms with Gasteiger partial charge in [0, 0.05) is 0 Å². The molecule has 5 nitrogen and oxygen atoms in total. The van der Waals surface area contributed by atoms with Gasteiger partial charge in [0.2, 0.25) is 0 Å². The highest BCUT2D eigenvalue weighted by molar-refractivity contribution is 5.95. The third-order valence-corrected chi connectivity index (χ3v) is 2.96. The molecule has 0 aliphatic carbocycles. The lowest BCUT2D eigenvalue weighted by Crippen LogP contribution is -2.30. The van der Waals surface area contributed by atoms with E-state index in [1.165, 1.54) is 0 Å². The lowest BCUT2D eigenvalue weighted by Gasteiger charge is -2.17. The van der Waals surface area contributed by atoms with Gasteiger partial charge in [-0.2, -0.15) is 0 Å². The average molecular weight is 286 g/mol. The van der Waals surface area contributed by atoms with Crippen LogP contribution in [0.1, 0.15) is 6.92 Å². The Morgan fingerprint density at radius 3 is 2.38 bits per heavy atom. The zero-order valence-electron chi connectivity index (χ0n) is 12.0. The summed E-state index contributed by atoms with van der Waals surface area (Å²) in [5.41, 5.74) is 6.88. The Labute approximate surface area is 123 Å². The molecule has 1 amide bonds. The van der Waals surface area contributed by atoms with Gasteiger partial charge < -0.3 is 20.5 Å². The number of ether oxygens (including phenoxy) is 2. The van der Waals surface area contributed by atoms with E-state index in [-0.39, 0.29) is 5.91 Å². The van der Waals surface area contributed by atoms with Crippen LogP contribution in [0.2, 0.25) is 0 Å². The summed E-state index contributed by atoms with van der Waals surface area (Å²) < 4.78 is 10.8. The number of rotatable bonds is 5. The first-order valence-electron chi connectivity index (χ1n) is 6.57. The van der Waals surface area contributed by atoms with Gasteiger partial charge in [-0.3, -0.25) is 4.79 Å². The van der Waals surface area contributed by atoms with E-state index in [0.717, 1.165) is 0 Å². The maximum Gasteiger partial charge on any atom is 0.265 e. The molecule has 0 saturated carbocycles. The van der Waals surface area contributed by atoms with Gasteiger partial charge in [-0.15, -0.1) is 0 Å². The lowest BCUT2D eigenvalue weighted by atomic mass is 10.2. The highest BCUT2D eigenvalue weighted by atomic mass is 16.5. The van der Waals surface area contributed by atoms with Crippen LogP contribution in [0.5, 0.6) is 11.5 Å². The average Bonchev–Trinajstić information content (AvgIpc) is 2.50. The molecule has 1 atom stereocenters. The van der Waals surface area contributed by atoms with E-state index < -0.39 is 6.10 Å². The van der Waals surface area contributed by atoms with Crippen molar-refractivity contribution in [3.63, 3.8) is 0 Å². The van der Waals surface area contributed by atoms with Crippen molar-refractivity contribution in [2.24, 2.45) is 0 Å². The molecule has 0 heterocycles. The van der Waals surface area contributed by atoms with Gasteiger partial charge in [0.25, 0.3) is 5.91 Å². The SMILES string of the molecule is COc1ccccc1NC(=O)C(C)Oc1ccccc1N. The number of benzene rings is 2. The fourth-order valence-electron chi connectivity index (χ4n) is 1.81. The summed E-state index contributed by atoms with van der Waals surface area (Å²) in [4.78, 5) is 12.2. The van der Waals surface area contributed by atoms with E-state index in [0.29, 0.717) is 22.9 Å². The van der Waals surface area contributed by atoms with E-state index in [4.69, 9.17) is 15.2 Å². The summed E-state index contributed by atoms with van der Waals surface area (Å²) in [6.07, 6.45) is -0.681. The van der Waals surface area contributed by atoms with Gasteiger partial charge in [0.1, 0.15) is 11.5 Å². The Morgan fingerprint density at radius 2 is 1.71 bits per heavy atom. The Bertz CT molecular complexity index is 628. The molecule has 2 aromatic rings. The van der Waals surface area contributed by atoms with Crippen LogP contribution in [0.4, 0.5) is 11.4 Å². The smallest absolute Gasteiger partial charge is 0.265 e. The summed E-state index contributed by atoms with van der Waals surface area (Å²) in [5.74, 6) is 0.806. The topological polar surface area (TPSA) is 73.6 Å². The molecule has 5 heteroatoms. The Hall–Kier alpha value is -2.69. The van der Waals surface area contributed by atoms with E-state index in [1.54, 1.807) is 44.4 Å². The summed E-state index contributed by atoms with van der Waals surface area (Å²) in [6.45, 7) is 1.66. The molecule has 110 valence electrons. The van der Waals surface area contributed by atoms with Crippen LogP contribution in [-0.2, 0) is 4.79 Å². The number of hydrogen-bond donors (Lipinski definition) is 2. The van der Waals surface area contributed by atoms with Crippen molar-refractivity contribution in [1.29, 1.82) is 0 Å². The molecule has 2 rings (SSSR count). The van der Waals surface area contributed by atoms with Crippen molar-refractivity contribution in [3.05, 3.63) is 48.5 Å². The molecule has 0 aliphatic rings. The van der Waals surface area contributed by atoms with Crippen molar-refractivity contribution >= 4 is 17.3 Å². The van der Waals surface area contributed by atoms with Gasteiger partial charge in [-0.25, -0.2) is 0 Å². The summed E-state index contributed by atoms with van der Waals surface area (Å²) in [7, 11) is 1.55. The van der Waals surface area contributed by atoms with Gasteiger partial charge in [0.05, 0.1) is 18.5 Å². The van der Waals surface area contributed by atoms with Crippen molar-refractivity contribution < 1.29 is 14.3 Å². The molecular weight excluding hydrogens is 268 g/mol. The number of carbonyl (C=O) groups is 1. The minimum absolute atomic E-state index is 0.275. The summed E-state index contributed by atoms with van der Waals surface area (Å²) in [6, 6.07) is 14.2. The second kappa shape index (κ2) is 6.65. The standard InChI is InChI=1S/C16H18N2O3/c1-11(21-14-9-5-3-7-12(14)17)16(19)18-13-8-4-6-10-15(13)20-2/h3-11H,17H2,1-2H3,(H,18,19). The number of amides is 1. The van der Waals surface area contributed by atoms with Crippen LogP contribution in [0.15, 0.2) is 48.5 Å². The fourth-order valence-corrected chi connectivity index (χ4v) is 1.81. The van der Waals surface area contributed by atoms with E-state index in [2.05, 4.69) is 5.32 Å². The molecule has 0 bridgehead atoms. The van der Waals surface area contributed by atoms with Crippen molar-refractivity contribution in [1.82, 2.24) is 0 Å². The third-order valence-electron chi connectivity index (χ3n) is 2.96. The number of methoxy groups -OCH3 is 1. The summed E-state index contributed by atoms with van der Waals surface area (Å²) >= 11 is 0. The maximum atomic E-state index is 12.2. The van der Waals surface area contributed by atoms with Crippen molar-refractivity contribution in [3.8, 4) is 11.5 Å². The molecule has 0 aromatic heterocycles. The van der Waals surface area contributed by atoms with Gasteiger partial charge in [-0.05, 0) is 31.2 Å². The highest BCUT2D eigenvalue weighted by Crippen LogP contribution is 2.24. The number of nitrogen functional groups attached to an aromatic ring is 1. The molecule has 0 radical (unpaired) electrons. The number of anilines is 2. The van der Waals surface area contributed by atoms with Gasteiger partial charge in [0.15, 0.2) is 6.10 Å². The monoisotopic (exact) mass is 286 g/mol. The quantitative estimate of drug-likeness (QED) is 0.829. The zero-order chi connectivity index (χ0) is 15.2. The van der Waals surface area contributed by atoms with Gasteiger partial charge >= 0.3 is 0 Å². The number of hydrogen-bond acceptors (Lipinski definition) is 4. The number of para-hydroxylation sites is 4. The van der Waals surface area contributed by atoms with Gasteiger partial charge in [-0.1, -0.05) is 24.3 Å². The van der Waals surface area contributed by atoms with Crippen LogP contribution < -0.4 is 20.5 Å². The van der Waals surface area contributed by atoms with E-state index in [1.807, 2.05) is 18.2 Å². The second-order valence-electron chi connectivity index (χ2n) is 4.49. The molecular formula is C16H18N2O3. The molecule has 0 spiro atoms. The first kappa shape index (κ1) is 14.7. The Kier molecular flexibility index (Phi) is 4.66. The molecule has 0 saturated heterocycles. The highest BCUT2D eigenvalue weighted by Gasteiger charge is 2.17. The summed E-state index contributed by atoms with van der Waals surface area (Å²) in [5, 5.41) is 2.77. The number of nitrogens with two attached hydrogens (primary N) is 1. The molecule has 1 unspecified atom stereocenters. The third kappa shape index (κ3) is 3.66. The van der Waals surface area contributed by atoms with Crippen LogP contribution in [0.25, 0.3) is 0 Å². The predicted molar refractivity (Wildman–Crippen MR) is 82.6 cm³/mol. The first-order chi connectivity index (χ1) is 10.1. The van der Waals surface area contributed by atoms with Crippen molar-refractivity contribution in [2.45, 2.75) is 13.0 Å². The Balaban J connectivity index is 2.05. The van der Waals surface area contributed by atoms with Crippen LogP contribution in [0.3, 0.4) is 0 Å². The second-order valence-corrected chi connectivity index (χ2v) is 4.49. The van der Waals surface area contributed by atoms with E-state index in [9.17, 15) is 4.79 Å². The normalized spacial score (nSPS) is 11.5.